The van der Waals surface area contributed by atoms with E-state index in [2.05, 4.69) is 12.1 Å². The van der Waals surface area contributed by atoms with E-state index in [-0.39, 0.29) is 24.0 Å². The molecule has 0 saturated carbocycles. The minimum Gasteiger partial charge on any atom is -0.339 e. The third-order valence-electron chi connectivity index (χ3n) is 5.96. The van der Waals surface area contributed by atoms with Gasteiger partial charge < -0.3 is 14.4 Å². The zero-order valence-corrected chi connectivity index (χ0v) is 17.9. The maximum absolute atomic E-state index is 12.8. The third-order valence-corrected chi connectivity index (χ3v) is 5.96. The van der Waals surface area contributed by atoms with Crippen LogP contribution in [0.25, 0.3) is 10.9 Å². The van der Waals surface area contributed by atoms with E-state index in [1.807, 2.05) is 27.7 Å². The van der Waals surface area contributed by atoms with Crippen LogP contribution >= 0.6 is 0 Å². The first-order chi connectivity index (χ1) is 15.5. The number of rotatable bonds is 7. The molecule has 2 amide bonds. The number of carbonyl (C=O) groups excluding carboxylic acids is 2. The Hall–Kier alpha value is -3.68. The summed E-state index contributed by atoms with van der Waals surface area (Å²) in [7, 11) is 0. The van der Waals surface area contributed by atoms with Crippen LogP contribution in [0.4, 0.5) is 5.69 Å². The minimum atomic E-state index is -0.426. The standard InChI is InChI=1S/C24H26N4O4/c29-23(8-4-7-19-5-2-1-3-6-19)25-13-15-26(16-14-25)24(30)18-27-12-11-20-17-21(28(31)32)9-10-22(20)27/h1-3,5-6,9-12,17H,4,7-8,13-16,18H2. The lowest BCUT2D eigenvalue weighted by Crippen LogP contribution is -2.51. The molecule has 1 aliphatic heterocycles. The summed E-state index contributed by atoms with van der Waals surface area (Å²) in [5.41, 5.74) is 2.06. The normalized spacial score (nSPS) is 14.0. The van der Waals surface area contributed by atoms with Crippen LogP contribution in [0.1, 0.15) is 18.4 Å². The number of nitrogens with zero attached hydrogens (tertiary/aromatic N) is 4. The molecule has 0 spiro atoms. The maximum Gasteiger partial charge on any atom is 0.270 e. The molecule has 0 unspecified atom stereocenters. The van der Waals surface area contributed by atoms with Crippen molar-refractivity contribution in [3.05, 3.63) is 76.5 Å². The SMILES string of the molecule is O=C(CCCc1ccccc1)N1CCN(C(=O)Cn2ccc3cc([N+](=O)[O-])ccc32)CC1. The van der Waals surface area contributed by atoms with Crippen molar-refractivity contribution in [3.63, 3.8) is 0 Å². The number of fused-ring (bicyclic) bond motifs is 1. The largest absolute Gasteiger partial charge is 0.339 e. The third kappa shape index (κ3) is 4.96. The summed E-state index contributed by atoms with van der Waals surface area (Å²) >= 11 is 0. The van der Waals surface area contributed by atoms with E-state index >= 15 is 0 Å². The highest BCUT2D eigenvalue weighted by atomic mass is 16.6. The number of piperazine rings is 1. The summed E-state index contributed by atoms with van der Waals surface area (Å²) in [5, 5.41) is 11.7. The second-order valence-corrected chi connectivity index (χ2v) is 8.04. The highest BCUT2D eigenvalue weighted by Gasteiger charge is 2.24. The second kappa shape index (κ2) is 9.64. The van der Waals surface area contributed by atoms with Gasteiger partial charge in [0, 0.05) is 61.8 Å². The molecule has 1 fully saturated rings. The van der Waals surface area contributed by atoms with Gasteiger partial charge in [-0.15, -0.1) is 0 Å². The monoisotopic (exact) mass is 434 g/mol. The van der Waals surface area contributed by atoms with E-state index in [0.717, 1.165) is 23.7 Å². The summed E-state index contributed by atoms with van der Waals surface area (Å²) in [6.07, 6.45) is 4.00. The summed E-state index contributed by atoms with van der Waals surface area (Å²) < 4.78 is 1.81. The quantitative estimate of drug-likeness (QED) is 0.422. The molecule has 4 rings (SSSR count). The average Bonchev–Trinajstić information content (AvgIpc) is 3.21. The number of hydrogen-bond donors (Lipinski definition) is 0. The number of benzene rings is 2. The van der Waals surface area contributed by atoms with Crippen molar-refractivity contribution in [1.29, 1.82) is 0 Å². The van der Waals surface area contributed by atoms with Crippen LogP contribution < -0.4 is 0 Å². The molecule has 0 radical (unpaired) electrons. The van der Waals surface area contributed by atoms with Crippen LogP contribution in [-0.2, 0) is 22.6 Å². The van der Waals surface area contributed by atoms with Crippen molar-refractivity contribution in [1.82, 2.24) is 14.4 Å². The van der Waals surface area contributed by atoms with E-state index in [1.54, 1.807) is 23.2 Å². The zero-order valence-electron chi connectivity index (χ0n) is 17.9. The molecule has 2 heterocycles. The molecule has 2 aromatic carbocycles. The van der Waals surface area contributed by atoms with Gasteiger partial charge in [0.15, 0.2) is 0 Å². The first-order valence-corrected chi connectivity index (χ1v) is 10.8. The molecule has 0 aliphatic carbocycles. The lowest BCUT2D eigenvalue weighted by Gasteiger charge is -2.35. The van der Waals surface area contributed by atoms with Crippen molar-refractivity contribution in [3.8, 4) is 0 Å². The Bertz CT molecular complexity index is 1120. The van der Waals surface area contributed by atoms with E-state index in [0.29, 0.717) is 32.6 Å². The highest BCUT2D eigenvalue weighted by molar-refractivity contribution is 5.85. The van der Waals surface area contributed by atoms with Crippen LogP contribution in [0.5, 0.6) is 0 Å². The average molecular weight is 434 g/mol. The number of hydrogen-bond acceptors (Lipinski definition) is 4. The predicted molar refractivity (Wildman–Crippen MR) is 121 cm³/mol. The van der Waals surface area contributed by atoms with Crippen molar-refractivity contribution in [2.75, 3.05) is 26.2 Å². The van der Waals surface area contributed by atoms with Gasteiger partial charge in [-0.05, 0) is 30.5 Å². The van der Waals surface area contributed by atoms with Crippen LogP contribution in [0.3, 0.4) is 0 Å². The lowest BCUT2D eigenvalue weighted by atomic mass is 10.1. The summed E-state index contributed by atoms with van der Waals surface area (Å²) in [4.78, 5) is 39.4. The lowest BCUT2D eigenvalue weighted by molar-refractivity contribution is -0.384. The van der Waals surface area contributed by atoms with Crippen LogP contribution in [0, 0.1) is 10.1 Å². The van der Waals surface area contributed by atoms with Gasteiger partial charge in [-0.25, -0.2) is 0 Å². The van der Waals surface area contributed by atoms with Crippen LogP contribution in [0.2, 0.25) is 0 Å². The molecular formula is C24H26N4O4. The Morgan fingerprint density at radius 1 is 0.906 bits per heavy atom. The van der Waals surface area contributed by atoms with Crippen molar-refractivity contribution < 1.29 is 14.5 Å². The van der Waals surface area contributed by atoms with Gasteiger partial charge in [0.25, 0.3) is 5.69 Å². The molecule has 1 aliphatic rings. The summed E-state index contributed by atoms with van der Waals surface area (Å²) in [5.74, 6) is 0.128. The Morgan fingerprint density at radius 3 is 2.28 bits per heavy atom. The van der Waals surface area contributed by atoms with E-state index < -0.39 is 4.92 Å². The fourth-order valence-corrected chi connectivity index (χ4v) is 4.14. The first-order valence-electron chi connectivity index (χ1n) is 10.8. The Labute approximate surface area is 186 Å². The van der Waals surface area contributed by atoms with Gasteiger partial charge in [0.2, 0.25) is 11.8 Å². The number of aromatic nitrogens is 1. The van der Waals surface area contributed by atoms with Crippen LogP contribution in [0.15, 0.2) is 60.8 Å². The van der Waals surface area contributed by atoms with Crippen molar-refractivity contribution >= 4 is 28.4 Å². The fraction of sp³-hybridized carbons (Fsp3) is 0.333. The van der Waals surface area contributed by atoms with E-state index in [9.17, 15) is 19.7 Å². The van der Waals surface area contributed by atoms with Crippen molar-refractivity contribution in [2.45, 2.75) is 25.8 Å². The summed E-state index contributed by atoms with van der Waals surface area (Å²) in [6.45, 7) is 2.32. The Morgan fingerprint density at radius 2 is 1.59 bits per heavy atom. The Kier molecular flexibility index (Phi) is 6.49. The predicted octanol–water partition coefficient (Wildman–Crippen LogP) is 3.24. The molecule has 32 heavy (non-hydrogen) atoms. The number of nitro benzene ring substituents is 1. The number of amides is 2. The van der Waals surface area contributed by atoms with Gasteiger partial charge in [-0.2, -0.15) is 0 Å². The molecule has 0 atom stereocenters. The highest BCUT2D eigenvalue weighted by Crippen LogP contribution is 2.22. The molecular weight excluding hydrogens is 408 g/mol. The zero-order chi connectivity index (χ0) is 22.5. The van der Waals surface area contributed by atoms with Gasteiger partial charge in [0.05, 0.1) is 4.92 Å². The number of non-ortho nitro benzene ring substituents is 1. The molecule has 166 valence electrons. The molecule has 3 aromatic rings. The Balaban J connectivity index is 1.26. The molecule has 8 heteroatoms. The van der Waals surface area contributed by atoms with Gasteiger partial charge in [0.1, 0.15) is 6.54 Å². The summed E-state index contributed by atoms with van der Waals surface area (Å²) in [6, 6.07) is 16.6. The minimum absolute atomic E-state index is 0.0166. The maximum atomic E-state index is 12.8. The van der Waals surface area contributed by atoms with Crippen LogP contribution in [-0.4, -0.2) is 57.3 Å². The number of nitro groups is 1. The van der Waals surface area contributed by atoms with Gasteiger partial charge in [-0.3, -0.25) is 19.7 Å². The number of aryl methyl sites for hydroxylation is 1. The molecule has 1 aromatic heterocycles. The molecule has 1 saturated heterocycles. The second-order valence-electron chi connectivity index (χ2n) is 8.04. The molecule has 0 N–H and O–H groups in total. The first kappa shape index (κ1) is 21.5. The van der Waals surface area contributed by atoms with E-state index in [4.69, 9.17) is 0 Å². The smallest absolute Gasteiger partial charge is 0.270 e. The van der Waals surface area contributed by atoms with Crippen molar-refractivity contribution in [2.24, 2.45) is 0 Å². The van der Waals surface area contributed by atoms with Gasteiger partial charge >= 0.3 is 0 Å². The number of carbonyl (C=O) groups is 2. The fourth-order valence-electron chi connectivity index (χ4n) is 4.14. The molecule has 0 bridgehead atoms. The topological polar surface area (TPSA) is 88.7 Å². The molecule has 8 nitrogen and oxygen atoms in total. The van der Waals surface area contributed by atoms with E-state index in [1.165, 1.54) is 17.7 Å². The van der Waals surface area contributed by atoms with Gasteiger partial charge in [-0.1, -0.05) is 30.3 Å².